The topological polar surface area (TPSA) is 97.4 Å². The lowest BCUT2D eigenvalue weighted by Gasteiger charge is -2.23. The summed E-state index contributed by atoms with van der Waals surface area (Å²) in [7, 11) is 1.59. The molecule has 1 aromatic heterocycles. The minimum absolute atomic E-state index is 0.134. The average Bonchev–Trinajstić information content (AvgIpc) is 3.01. The summed E-state index contributed by atoms with van der Waals surface area (Å²) in [5.41, 5.74) is 0.436. The van der Waals surface area contributed by atoms with Crippen molar-refractivity contribution in [3.8, 4) is 11.8 Å². The maximum Gasteiger partial charge on any atom is 0.408 e. The summed E-state index contributed by atoms with van der Waals surface area (Å²) in [6.45, 7) is 5.33. The number of nitrogens with one attached hydrogen (secondary N) is 1. The first-order valence-electron chi connectivity index (χ1n) is 7.78. The lowest BCUT2D eigenvalue weighted by molar-refractivity contribution is 0.0497. The number of hydrogen-bond acceptors (Lipinski definition) is 6. The van der Waals surface area contributed by atoms with Crippen LogP contribution in [0.15, 0.2) is 35.1 Å². The van der Waals surface area contributed by atoms with Gasteiger partial charge >= 0.3 is 6.09 Å². The Bertz CT molecular complexity index is 754. The van der Waals surface area contributed by atoms with Crippen molar-refractivity contribution >= 4 is 6.09 Å². The summed E-state index contributed by atoms with van der Waals surface area (Å²) in [6.07, 6.45) is 1.00. The predicted octanol–water partition coefficient (Wildman–Crippen LogP) is 3.36. The lowest BCUT2D eigenvalue weighted by atomic mass is 10.0. The molecule has 0 spiro atoms. The van der Waals surface area contributed by atoms with Gasteiger partial charge in [-0.15, -0.1) is 0 Å². The van der Waals surface area contributed by atoms with Gasteiger partial charge in [0, 0.05) is 6.42 Å². The average molecular weight is 343 g/mol. The Hall–Kier alpha value is -3.01. The number of oxazole rings is 1. The maximum absolute atomic E-state index is 12.2. The first-order valence-corrected chi connectivity index (χ1v) is 7.78. The fourth-order valence-corrected chi connectivity index (χ4v) is 2.24. The normalized spacial score (nSPS) is 12.1. The van der Waals surface area contributed by atoms with E-state index < -0.39 is 17.7 Å². The molecule has 1 unspecified atom stereocenters. The number of alkyl carbamates (subject to hydrolysis) is 1. The first kappa shape index (κ1) is 18.3. The van der Waals surface area contributed by atoms with Gasteiger partial charge in [0.05, 0.1) is 13.2 Å². The van der Waals surface area contributed by atoms with E-state index in [-0.39, 0.29) is 5.69 Å². The number of carbonyl (C=O) groups excluding carboxylic acids is 1. The summed E-state index contributed by atoms with van der Waals surface area (Å²) in [5.74, 6) is 1.03. The van der Waals surface area contributed by atoms with Crippen molar-refractivity contribution in [1.82, 2.24) is 10.3 Å². The molecule has 0 saturated heterocycles. The third-order valence-corrected chi connectivity index (χ3v) is 3.31. The van der Waals surface area contributed by atoms with Crippen molar-refractivity contribution in [3.05, 3.63) is 47.7 Å². The molecule has 1 amide bonds. The molecule has 0 aliphatic carbocycles. The number of carbonyl (C=O) groups is 1. The quantitative estimate of drug-likeness (QED) is 0.894. The van der Waals surface area contributed by atoms with Crippen LogP contribution in [-0.2, 0) is 11.2 Å². The highest BCUT2D eigenvalue weighted by atomic mass is 16.6. The van der Waals surface area contributed by atoms with Crippen LogP contribution < -0.4 is 10.1 Å². The molecular formula is C18H21N3O4. The highest BCUT2D eigenvalue weighted by molar-refractivity contribution is 5.68. The largest absolute Gasteiger partial charge is 0.497 e. The highest BCUT2D eigenvalue weighted by Gasteiger charge is 2.25. The zero-order chi connectivity index (χ0) is 18.4. The van der Waals surface area contributed by atoms with Crippen molar-refractivity contribution in [1.29, 1.82) is 5.26 Å². The van der Waals surface area contributed by atoms with Crippen molar-refractivity contribution in [2.24, 2.45) is 0 Å². The van der Waals surface area contributed by atoms with E-state index in [0.717, 1.165) is 11.3 Å². The molecule has 2 rings (SSSR count). The van der Waals surface area contributed by atoms with E-state index in [1.807, 2.05) is 30.3 Å². The smallest absolute Gasteiger partial charge is 0.408 e. The SMILES string of the molecule is COc1ccc(CC(NC(=O)OC(C)(C)C)c2ocnc2C#N)cc1. The number of nitrogens with zero attached hydrogens (tertiary/aromatic N) is 2. The second-order valence-electron chi connectivity index (χ2n) is 6.43. The Morgan fingerprint density at radius 2 is 2.04 bits per heavy atom. The van der Waals surface area contributed by atoms with E-state index in [1.54, 1.807) is 27.9 Å². The van der Waals surface area contributed by atoms with Crippen LogP contribution in [-0.4, -0.2) is 23.8 Å². The third kappa shape index (κ3) is 5.24. The minimum atomic E-state index is -0.631. The van der Waals surface area contributed by atoms with E-state index in [9.17, 15) is 10.1 Å². The Balaban J connectivity index is 2.22. The van der Waals surface area contributed by atoms with Gasteiger partial charge < -0.3 is 19.2 Å². The second kappa shape index (κ2) is 7.71. The molecule has 0 saturated carbocycles. The van der Waals surface area contributed by atoms with Gasteiger partial charge in [0.25, 0.3) is 0 Å². The van der Waals surface area contributed by atoms with Crippen molar-refractivity contribution in [2.75, 3.05) is 7.11 Å². The van der Waals surface area contributed by atoms with Gasteiger partial charge in [-0.25, -0.2) is 9.78 Å². The van der Waals surface area contributed by atoms with Crippen LogP contribution in [0.3, 0.4) is 0 Å². The number of aromatic nitrogens is 1. The molecule has 7 nitrogen and oxygen atoms in total. The fourth-order valence-electron chi connectivity index (χ4n) is 2.24. The number of rotatable bonds is 5. The fraction of sp³-hybridized carbons (Fsp3) is 0.389. The van der Waals surface area contributed by atoms with Gasteiger partial charge in [-0.3, -0.25) is 0 Å². The predicted molar refractivity (Wildman–Crippen MR) is 90.0 cm³/mol. The summed E-state index contributed by atoms with van der Waals surface area (Å²) in [4.78, 5) is 16.0. The second-order valence-corrected chi connectivity index (χ2v) is 6.43. The van der Waals surface area contributed by atoms with Gasteiger partial charge in [0.1, 0.15) is 17.4 Å². The van der Waals surface area contributed by atoms with Gasteiger partial charge in [-0.05, 0) is 38.5 Å². The Morgan fingerprint density at radius 1 is 1.36 bits per heavy atom. The molecule has 0 fully saturated rings. The van der Waals surface area contributed by atoms with Crippen LogP contribution >= 0.6 is 0 Å². The number of nitriles is 1. The van der Waals surface area contributed by atoms with Gasteiger partial charge in [0.15, 0.2) is 17.8 Å². The van der Waals surface area contributed by atoms with Crippen LogP contribution in [0.4, 0.5) is 4.79 Å². The summed E-state index contributed by atoms with van der Waals surface area (Å²) >= 11 is 0. The highest BCUT2D eigenvalue weighted by Crippen LogP contribution is 2.23. The molecule has 0 aliphatic rings. The summed E-state index contributed by atoms with van der Waals surface area (Å²) in [5, 5.41) is 11.9. The van der Waals surface area contributed by atoms with E-state index >= 15 is 0 Å². The molecule has 1 atom stereocenters. The zero-order valence-electron chi connectivity index (χ0n) is 14.7. The monoisotopic (exact) mass is 343 g/mol. The molecule has 7 heteroatoms. The van der Waals surface area contributed by atoms with Gasteiger partial charge in [-0.2, -0.15) is 5.26 Å². The molecular weight excluding hydrogens is 322 g/mol. The number of ether oxygens (including phenoxy) is 2. The van der Waals surface area contributed by atoms with Crippen molar-refractivity contribution in [3.63, 3.8) is 0 Å². The molecule has 0 aliphatic heterocycles. The van der Waals surface area contributed by atoms with Crippen LogP contribution in [0.1, 0.15) is 43.8 Å². The van der Waals surface area contributed by atoms with Crippen LogP contribution in [0.2, 0.25) is 0 Å². The van der Waals surface area contributed by atoms with Gasteiger partial charge in [-0.1, -0.05) is 12.1 Å². The van der Waals surface area contributed by atoms with E-state index in [2.05, 4.69) is 10.3 Å². The molecule has 1 aromatic carbocycles. The molecule has 132 valence electrons. The summed E-state index contributed by atoms with van der Waals surface area (Å²) in [6, 6.07) is 8.79. The minimum Gasteiger partial charge on any atom is -0.497 e. The molecule has 0 bridgehead atoms. The number of amides is 1. The Kier molecular flexibility index (Phi) is 5.65. The molecule has 0 radical (unpaired) electrons. The van der Waals surface area contributed by atoms with Crippen LogP contribution in [0, 0.1) is 11.3 Å². The van der Waals surface area contributed by atoms with Crippen molar-refractivity contribution in [2.45, 2.75) is 38.8 Å². The Labute approximate surface area is 146 Å². The van der Waals surface area contributed by atoms with E-state index in [4.69, 9.17) is 13.9 Å². The molecule has 1 N–H and O–H groups in total. The molecule has 2 aromatic rings. The standard InChI is InChI=1S/C18H21N3O4/c1-18(2,3)25-17(22)21-14(16-15(10-19)20-11-24-16)9-12-5-7-13(23-4)8-6-12/h5-8,11,14H,9H2,1-4H3,(H,21,22). The van der Waals surface area contributed by atoms with Crippen molar-refractivity contribution < 1.29 is 18.7 Å². The third-order valence-electron chi connectivity index (χ3n) is 3.31. The van der Waals surface area contributed by atoms with E-state index in [0.29, 0.717) is 12.2 Å². The summed E-state index contributed by atoms with van der Waals surface area (Å²) < 4.78 is 15.8. The first-order chi connectivity index (χ1) is 11.8. The van der Waals surface area contributed by atoms with Gasteiger partial charge in [0.2, 0.25) is 0 Å². The van der Waals surface area contributed by atoms with Crippen LogP contribution in [0.25, 0.3) is 0 Å². The zero-order valence-corrected chi connectivity index (χ0v) is 14.7. The molecule has 1 heterocycles. The van der Waals surface area contributed by atoms with E-state index in [1.165, 1.54) is 6.39 Å². The Morgan fingerprint density at radius 3 is 2.60 bits per heavy atom. The lowest BCUT2D eigenvalue weighted by Crippen LogP contribution is -2.35. The van der Waals surface area contributed by atoms with Crippen LogP contribution in [0.5, 0.6) is 5.75 Å². The molecule has 25 heavy (non-hydrogen) atoms. The number of methoxy groups -OCH3 is 1. The number of hydrogen-bond donors (Lipinski definition) is 1. The number of benzene rings is 1. The maximum atomic E-state index is 12.2.